The Labute approximate surface area is 73.1 Å². The van der Waals surface area contributed by atoms with Crippen LogP contribution in [-0.2, 0) is 4.79 Å². The molecule has 0 bridgehead atoms. The van der Waals surface area contributed by atoms with Crippen molar-refractivity contribution in [2.75, 3.05) is 13.1 Å². The smallest absolute Gasteiger partial charge is 0.237 e. The van der Waals surface area contributed by atoms with Crippen molar-refractivity contribution in [1.29, 1.82) is 0 Å². The maximum Gasteiger partial charge on any atom is 0.237 e. The lowest BCUT2D eigenvalue weighted by Gasteiger charge is -2.26. The van der Waals surface area contributed by atoms with Crippen molar-refractivity contribution in [3.05, 3.63) is 0 Å². The van der Waals surface area contributed by atoms with Crippen LogP contribution in [0.15, 0.2) is 0 Å². The average Bonchev–Trinajstić information content (AvgIpc) is 2.88. The molecule has 2 aliphatic rings. The van der Waals surface area contributed by atoms with E-state index in [1.807, 2.05) is 0 Å². The average molecular weight is 168 g/mol. The quantitative estimate of drug-likeness (QED) is 0.664. The minimum absolute atomic E-state index is 0.247. The lowest BCUT2D eigenvalue weighted by atomic mass is 10.2. The van der Waals surface area contributed by atoms with Crippen molar-refractivity contribution in [3.8, 4) is 0 Å². The second-order valence-corrected chi connectivity index (χ2v) is 3.80. The van der Waals surface area contributed by atoms with Crippen LogP contribution in [-0.4, -0.2) is 24.0 Å². The van der Waals surface area contributed by atoms with E-state index in [0.29, 0.717) is 5.92 Å². The van der Waals surface area contributed by atoms with Crippen LogP contribution in [0.1, 0.15) is 32.1 Å². The largest absolute Gasteiger partial charge is 0.289 e. The molecule has 0 spiro atoms. The van der Waals surface area contributed by atoms with Crippen molar-refractivity contribution >= 4 is 5.91 Å². The fourth-order valence-electron chi connectivity index (χ4n) is 1.60. The zero-order valence-corrected chi connectivity index (χ0v) is 7.38. The van der Waals surface area contributed by atoms with Gasteiger partial charge in [0.25, 0.3) is 0 Å². The van der Waals surface area contributed by atoms with E-state index >= 15 is 0 Å². The molecule has 68 valence electrons. The monoisotopic (exact) mass is 168 g/mol. The molecule has 1 heterocycles. The lowest BCUT2D eigenvalue weighted by Crippen LogP contribution is -2.45. The summed E-state index contributed by atoms with van der Waals surface area (Å²) in [6, 6.07) is 0. The predicted octanol–water partition coefficient (Wildman–Crippen LogP) is 0.913. The fourth-order valence-corrected chi connectivity index (χ4v) is 1.60. The molecule has 0 aromatic rings. The summed E-state index contributed by atoms with van der Waals surface area (Å²) in [5, 5.41) is 2.07. The summed E-state index contributed by atoms with van der Waals surface area (Å²) in [6.45, 7) is 2.08. The second-order valence-electron chi connectivity index (χ2n) is 3.80. The number of hydrazine groups is 1. The third-order valence-electron chi connectivity index (χ3n) is 2.57. The van der Waals surface area contributed by atoms with Gasteiger partial charge >= 0.3 is 0 Å². The van der Waals surface area contributed by atoms with Crippen LogP contribution >= 0.6 is 0 Å². The fraction of sp³-hybridized carbons (Fsp3) is 0.889. The third-order valence-corrected chi connectivity index (χ3v) is 2.57. The summed E-state index contributed by atoms with van der Waals surface area (Å²) in [5.74, 6) is 0.587. The number of hydrogen-bond donors (Lipinski definition) is 1. The number of amides is 1. The van der Waals surface area contributed by atoms with Gasteiger partial charge in [-0.2, -0.15) is 0 Å². The highest BCUT2D eigenvalue weighted by molar-refractivity contribution is 5.80. The first-order valence-electron chi connectivity index (χ1n) is 4.92. The molecule has 1 aliphatic carbocycles. The highest BCUT2D eigenvalue weighted by Gasteiger charge is 2.30. The van der Waals surface area contributed by atoms with Gasteiger partial charge in [-0.15, -0.1) is 0 Å². The summed E-state index contributed by atoms with van der Waals surface area (Å²) >= 11 is 0. The van der Waals surface area contributed by atoms with Crippen molar-refractivity contribution < 1.29 is 4.79 Å². The SMILES string of the molecule is O=C(NN1CCCCC1)C1CC1. The first-order chi connectivity index (χ1) is 5.86. The molecule has 2 rings (SSSR count). The molecule has 0 atom stereocenters. The minimum Gasteiger partial charge on any atom is -0.289 e. The number of rotatable bonds is 2. The Bertz CT molecular complexity index is 171. The Morgan fingerprint density at radius 2 is 1.83 bits per heavy atom. The zero-order chi connectivity index (χ0) is 8.39. The highest BCUT2D eigenvalue weighted by atomic mass is 16.2. The van der Waals surface area contributed by atoms with Gasteiger partial charge in [-0.05, 0) is 25.7 Å². The summed E-state index contributed by atoms with van der Waals surface area (Å²) < 4.78 is 0. The summed E-state index contributed by atoms with van der Waals surface area (Å²) in [5.41, 5.74) is 2.98. The van der Waals surface area contributed by atoms with E-state index in [4.69, 9.17) is 0 Å². The standard InChI is InChI=1S/C9H16N2O/c12-9(8-4-5-8)10-11-6-2-1-3-7-11/h8H,1-7H2,(H,10,12). The molecule has 2 fully saturated rings. The molecule has 1 saturated carbocycles. The van der Waals surface area contributed by atoms with Gasteiger partial charge in [0.05, 0.1) is 0 Å². The predicted molar refractivity (Wildman–Crippen MR) is 46.3 cm³/mol. The van der Waals surface area contributed by atoms with Gasteiger partial charge in [-0.25, -0.2) is 5.01 Å². The molecule has 3 heteroatoms. The summed E-state index contributed by atoms with van der Waals surface area (Å²) in [7, 11) is 0. The molecule has 0 radical (unpaired) electrons. The molecule has 1 aliphatic heterocycles. The highest BCUT2D eigenvalue weighted by Crippen LogP contribution is 2.28. The van der Waals surface area contributed by atoms with Crippen LogP contribution in [0.5, 0.6) is 0 Å². The van der Waals surface area contributed by atoms with Crippen molar-refractivity contribution in [3.63, 3.8) is 0 Å². The number of carbonyl (C=O) groups excluding carboxylic acids is 1. The van der Waals surface area contributed by atoms with E-state index in [9.17, 15) is 4.79 Å². The summed E-state index contributed by atoms with van der Waals surface area (Å²) in [6.07, 6.45) is 5.96. The molecule has 1 amide bonds. The lowest BCUT2D eigenvalue weighted by molar-refractivity contribution is -0.127. The summed E-state index contributed by atoms with van der Waals surface area (Å²) in [4.78, 5) is 11.3. The molecule has 0 aromatic carbocycles. The minimum atomic E-state index is 0.247. The van der Waals surface area contributed by atoms with Gasteiger partial charge in [0.2, 0.25) is 5.91 Å². The van der Waals surface area contributed by atoms with Crippen LogP contribution in [0.4, 0.5) is 0 Å². The normalized spacial score (nSPS) is 25.3. The van der Waals surface area contributed by atoms with Gasteiger partial charge < -0.3 is 0 Å². The Morgan fingerprint density at radius 1 is 1.17 bits per heavy atom. The van der Waals surface area contributed by atoms with Crippen LogP contribution in [0.25, 0.3) is 0 Å². The number of piperidine rings is 1. The Balaban J connectivity index is 1.73. The maximum absolute atomic E-state index is 11.3. The maximum atomic E-state index is 11.3. The van der Waals surface area contributed by atoms with E-state index in [2.05, 4.69) is 10.4 Å². The van der Waals surface area contributed by atoms with E-state index in [1.165, 1.54) is 19.3 Å². The molecular weight excluding hydrogens is 152 g/mol. The van der Waals surface area contributed by atoms with Gasteiger partial charge in [0.15, 0.2) is 0 Å². The van der Waals surface area contributed by atoms with E-state index in [-0.39, 0.29) is 5.91 Å². The molecule has 0 unspecified atom stereocenters. The van der Waals surface area contributed by atoms with Crippen LogP contribution in [0.3, 0.4) is 0 Å². The molecular formula is C9H16N2O. The Kier molecular flexibility index (Phi) is 2.30. The Morgan fingerprint density at radius 3 is 2.42 bits per heavy atom. The van der Waals surface area contributed by atoms with Crippen LogP contribution in [0.2, 0.25) is 0 Å². The molecule has 0 aromatic heterocycles. The first kappa shape index (κ1) is 8.05. The van der Waals surface area contributed by atoms with E-state index in [1.54, 1.807) is 0 Å². The van der Waals surface area contributed by atoms with E-state index in [0.717, 1.165) is 25.9 Å². The Hall–Kier alpha value is -0.570. The van der Waals surface area contributed by atoms with Crippen LogP contribution in [0, 0.1) is 5.92 Å². The van der Waals surface area contributed by atoms with Gasteiger partial charge in [0, 0.05) is 19.0 Å². The van der Waals surface area contributed by atoms with Crippen molar-refractivity contribution in [2.45, 2.75) is 32.1 Å². The second kappa shape index (κ2) is 3.44. The zero-order valence-electron chi connectivity index (χ0n) is 7.38. The van der Waals surface area contributed by atoms with Crippen LogP contribution < -0.4 is 5.43 Å². The van der Waals surface area contributed by atoms with Crippen molar-refractivity contribution in [1.82, 2.24) is 10.4 Å². The molecule has 12 heavy (non-hydrogen) atoms. The number of nitrogens with zero attached hydrogens (tertiary/aromatic N) is 1. The van der Waals surface area contributed by atoms with Gasteiger partial charge in [0.1, 0.15) is 0 Å². The number of nitrogens with one attached hydrogen (secondary N) is 1. The topological polar surface area (TPSA) is 32.3 Å². The number of carbonyl (C=O) groups is 1. The first-order valence-corrected chi connectivity index (χ1v) is 4.92. The third kappa shape index (κ3) is 1.97. The molecule has 3 nitrogen and oxygen atoms in total. The van der Waals surface area contributed by atoms with E-state index < -0.39 is 0 Å². The van der Waals surface area contributed by atoms with Gasteiger partial charge in [-0.1, -0.05) is 6.42 Å². The molecule has 1 saturated heterocycles. The van der Waals surface area contributed by atoms with Crippen molar-refractivity contribution in [2.24, 2.45) is 5.92 Å². The molecule has 1 N–H and O–H groups in total. The number of hydrogen-bond acceptors (Lipinski definition) is 2. The van der Waals surface area contributed by atoms with Gasteiger partial charge in [-0.3, -0.25) is 10.2 Å².